The molecule has 3 nitrogen and oxygen atoms in total. The summed E-state index contributed by atoms with van der Waals surface area (Å²) in [5, 5.41) is 6.29. The fourth-order valence-electron chi connectivity index (χ4n) is 2.29. The lowest BCUT2D eigenvalue weighted by Gasteiger charge is -2.15. The van der Waals surface area contributed by atoms with Crippen LogP contribution in [0.3, 0.4) is 0 Å². The summed E-state index contributed by atoms with van der Waals surface area (Å²) in [5.41, 5.74) is 0. The van der Waals surface area contributed by atoms with Gasteiger partial charge in [-0.3, -0.25) is 4.79 Å². The maximum atomic E-state index is 11.8. The molecule has 1 heterocycles. The highest BCUT2D eigenvalue weighted by atomic mass is 35.5. The molecule has 0 aliphatic heterocycles. The Morgan fingerprint density at radius 2 is 2.22 bits per heavy atom. The van der Waals surface area contributed by atoms with Gasteiger partial charge in [0.1, 0.15) is 0 Å². The van der Waals surface area contributed by atoms with Crippen LogP contribution in [-0.4, -0.2) is 18.5 Å². The molecule has 100 valence electrons. The fourth-order valence-corrected chi connectivity index (χ4v) is 3.35. The lowest BCUT2D eigenvalue weighted by Crippen LogP contribution is -2.38. The van der Waals surface area contributed by atoms with Crippen molar-refractivity contribution in [3.05, 3.63) is 21.3 Å². The monoisotopic (exact) mass is 286 g/mol. The summed E-state index contributed by atoms with van der Waals surface area (Å²) >= 11 is 7.39. The number of hydrogen-bond acceptors (Lipinski definition) is 3. The minimum atomic E-state index is 0.0281. The van der Waals surface area contributed by atoms with Crippen molar-refractivity contribution in [2.45, 2.75) is 44.7 Å². The summed E-state index contributed by atoms with van der Waals surface area (Å²) in [6, 6.07) is 4.38. The molecule has 1 saturated carbocycles. The predicted octanol–water partition coefficient (Wildman–Crippen LogP) is 3.11. The third kappa shape index (κ3) is 3.97. The minimum Gasteiger partial charge on any atom is -0.348 e. The van der Waals surface area contributed by atoms with Gasteiger partial charge in [-0.1, -0.05) is 24.4 Å². The molecule has 0 radical (unpaired) electrons. The maximum absolute atomic E-state index is 11.8. The van der Waals surface area contributed by atoms with Crippen LogP contribution in [0.5, 0.6) is 0 Å². The number of rotatable bonds is 5. The van der Waals surface area contributed by atoms with E-state index in [2.05, 4.69) is 10.6 Å². The zero-order valence-electron chi connectivity index (χ0n) is 10.5. The Bertz CT molecular complexity index is 401. The van der Waals surface area contributed by atoms with Crippen molar-refractivity contribution in [1.29, 1.82) is 0 Å². The molecular formula is C13H19ClN2OS. The lowest BCUT2D eigenvalue weighted by molar-refractivity contribution is -0.121. The van der Waals surface area contributed by atoms with E-state index in [0.29, 0.717) is 12.6 Å². The van der Waals surface area contributed by atoms with Gasteiger partial charge in [-0.25, -0.2) is 0 Å². The van der Waals surface area contributed by atoms with Crippen LogP contribution in [-0.2, 0) is 4.79 Å². The van der Waals surface area contributed by atoms with E-state index in [-0.39, 0.29) is 11.9 Å². The van der Waals surface area contributed by atoms with Crippen molar-refractivity contribution in [3.8, 4) is 0 Å². The second-order valence-corrected chi connectivity index (χ2v) is 6.54. The van der Waals surface area contributed by atoms with Gasteiger partial charge in [-0.05, 0) is 31.9 Å². The third-order valence-corrected chi connectivity index (χ3v) is 4.72. The fraction of sp³-hybridized carbons (Fsp3) is 0.615. The SMILES string of the molecule is CC(NC(=O)CNC1CCCC1)c1ccc(Cl)s1. The van der Waals surface area contributed by atoms with Gasteiger partial charge >= 0.3 is 0 Å². The summed E-state index contributed by atoms with van der Waals surface area (Å²) in [6.45, 7) is 2.39. The molecule has 2 rings (SSSR count). The van der Waals surface area contributed by atoms with Gasteiger partial charge in [0.05, 0.1) is 16.9 Å². The van der Waals surface area contributed by atoms with E-state index in [4.69, 9.17) is 11.6 Å². The standard InChI is InChI=1S/C13H19ClN2OS/c1-9(11-6-7-12(14)18-11)16-13(17)8-15-10-4-2-3-5-10/h6-7,9-10,15H,2-5,8H2,1H3,(H,16,17). The first kappa shape index (κ1) is 13.8. The van der Waals surface area contributed by atoms with Crippen molar-refractivity contribution in [1.82, 2.24) is 10.6 Å². The first-order valence-corrected chi connectivity index (χ1v) is 7.62. The summed E-state index contributed by atoms with van der Waals surface area (Å²) in [7, 11) is 0. The smallest absolute Gasteiger partial charge is 0.234 e. The van der Waals surface area contributed by atoms with Crippen LogP contribution < -0.4 is 10.6 Å². The van der Waals surface area contributed by atoms with Crippen molar-refractivity contribution < 1.29 is 4.79 Å². The second-order valence-electron chi connectivity index (χ2n) is 4.79. The molecule has 0 saturated heterocycles. The number of amides is 1. The van der Waals surface area contributed by atoms with E-state index >= 15 is 0 Å². The Kier molecular flexibility index (Phi) is 5.03. The van der Waals surface area contributed by atoms with Crippen LogP contribution in [0.15, 0.2) is 12.1 Å². The first-order chi connectivity index (χ1) is 8.65. The highest BCUT2D eigenvalue weighted by molar-refractivity contribution is 7.16. The molecule has 0 bridgehead atoms. The van der Waals surface area contributed by atoms with Crippen LogP contribution in [0.4, 0.5) is 0 Å². The molecule has 5 heteroatoms. The molecule has 1 aromatic rings. The minimum absolute atomic E-state index is 0.0281. The molecule has 1 aromatic heterocycles. The topological polar surface area (TPSA) is 41.1 Å². The van der Waals surface area contributed by atoms with Gasteiger partial charge in [0, 0.05) is 10.9 Å². The Hall–Kier alpha value is -0.580. The summed E-state index contributed by atoms with van der Waals surface area (Å²) in [6.07, 6.45) is 4.96. The molecule has 18 heavy (non-hydrogen) atoms. The van der Waals surface area contributed by atoms with E-state index in [1.165, 1.54) is 37.0 Å². The van der Waals surface area contributed by atoms with Gasteiger partial charge < -0.3 is 10.6 Å². The Labute approximate surface area is 117 Å². The molecule has 1 amide bonds. The molecule has 0 spiro atoms. The molecule has 1 unspecified atom stereocenters. The number of hydrogen-bond donors (Lipinski definition) is 2. The molecule has 1 atom stereocenters. The van der Waals surface area contributed by atoms with Crippen LogP contribution in [0.2, 0.25) is 4.34 Å². The summed E-state index contributed by atoms with van der Waals surface area (Å²) < 4.78 is 0.759. The van der Waals surface area contributed by atoms with E-state index in [9.17, 15) is 4.79 Å². The van der Waals surface area contributed by atoms with Gasteiger partial charge in [0.25, 0.3) is 0 Å². The van der Waals surface area contributed by atoms with Crippen LogP contribution in [0.25, 0.3) is 0 Å². The molecular weight excluding hydrogens is 268 g/mol. The van der Waals surface area contributed by atoms with Crippen molar-refractivity contribution in [3.63, 3.8) is 0 Å². The predicted molar refractivity (Wildman–Crippen MR) is 76.1 cm³/mol. The van der Waals surface area contributed by atoms with E-state index < -0.39 is 0 Å². The van der Waals surface area contributed by atoms with Gasteiger partial charge in [0.15, 0.2) is 0 Å². The normalized spacial score (nSPS) is 17.9. The molecule has 2 N–H and O–H groups in total. The lowest BCUT2D eigenvalue weighted by atomic mass is 10.2. The summed E-state index contributed by atoms with van der Waals surface area (Å²) in [5.74, 6) is 0.0546. The molecule has 0 aromatic carbocycles. The third-order valence-electron chi connectivity index (χ3n) is 3.30. The maximum Gasteiger partial charge on any atom is 0.234 e. The average molecular weight is 287 g/mol. The van der Waals surface area contributed by atoms with Gasteiger partial charge in [-0.15, -0.1) is 11.3 Å². The van der Waals surface area contributed by atoms with E-state index in [1.807, 2.05) is 19.1 Å². The van der Waals surface area contributed by atoms with E-state index in [0.717, 1.165) is 9.21 Å². The molecule has 1 fully saturated rings. The van der Waals surface area contributed by atoms with Crippen LogP contribution in [0, 0.1) is 0 Å². The molecule has 1 aliphatic rings. The number of halogens is 1. The van der Waals surface area contributed by atoms with Crippen LogP contribution in [0.1, 0.15) is 43.5 Å². The second kappa shape index (κ2) is 6.55. The highest BCUT2D eigenvalue weighted by Gasteiger charge is 2.16. The highest BCUT2D eigenvalue weighted by Crippen LogP contribution is 2.26. The Morgan fingerprint density at radius 1 is 1.50 bits per heavy atom. The van der Waals surface area contributed by atoms with Crippen molar-refractivity contribution in [2.75, 3.05) is 6.54 Å². The Morgan fingerprint density at radius 3 is 2.83 bits per heavy atom. The molecule has 1 aliphatic carbocycles. The summed E-state index contributed by atoms with van der Waals surface area (Å²) in [4.78, 5) is 12.9. The zero-order valence-corrected chi connectivity index (χ0v) is 12.1. The van der Waals surface area contributed by atoms with Crippen molar-refractivity contribution in [2.24, 2.45) is 0 Å². The number of carbonyl (C=O) groups is 1. The largest absolute Gasteiger partial charge is 0.348 e. The van der Waals surface area contributed by atoms with Gasteiger partial charge in [-0.2, -0.15) is 0 Å². The van der Waals surface area contributed by atoms with Crippen molar-refractivity contribution >= 4 is 28.8 Å². The quantitative estimate of drug-likeness (QED) is 0.873. The van der Waals surface area contributed by atoms with Crippen LogP contribution >= 0.6 is 22.9 Å². The number of thiophene rings is 1. The van der Waals surface area contributed by atoms with Gasteiger partial charge in [0.2, 0.25) is 5.91 Å². The van der Waals surface area contributed by atoms with E-state index in [1.54, 1.807) is 0 Å². The zero-order chi connectivity index (χ0) is 13.0. The Balaban J connectivity index is 1.73. The number of carbonyl (C=O) groups excluding carboxylic acids is 1. The first-order valence-electron chi connectivity index (χ1n) is 6.43. The number of nitrogens with one attached hydrogen (secondary N) is 2. The average Bonchev–Trinajstić information content (AvgIpc) is 2.97.